The number of hydrogen-bond acceptors (Lipinski definition) is 6. The molecule has 1 unspecified atom stereocenters. The molecule has 7 nitrogen and oxygen atoms in total. The first kappa shape index (κ1) is 30.6. The largest absolute Gasteiger partial charge is 1.00 e. The van der Waals surface area contributed by atoms with E-state index in [1.165, 1.54) is 6.42 Å². The zero-order chi connectivity index (χ0) is 21.3. The molecule has 0 aliphatic carbocycles. The van der Waals surface area contributed by atoms with E-state index in [9.17, 15) is 22.6 Å². The van der Waals surface area contributed by atoms with Gasteiger partial charge in [0, 0.05) is 0 Å². The van der Waals surface area contributed by atoms with Crippen LogP contribution in [-0.4, -0.2) is 43.4 Å². The predicted molar refractivity (Wildman–Crippen MR) is 110 cm³/mol. The second kappa shape index (κ2) is 19.4. The summed E-state index contributed by atoms with van der Waals surface area (Å²) < 4.78 is 42.0. The van der Waals surface area contributed by atoms with Crippen molar-refractivity contribution in [2.45, 2.75) is 103 Å². The number of unbranched alkanes of at least 4 members (excludes halogenated alkanes) is 10. The summed E-state index contributed by atoms with van der Waals surface area (Å²) in [5.74, 6) is -1.93. The Balaban J connectivity index is -0.00000364. The van der Waals surface area contributed by atoms with Crippen LogP contribution in [0.5, 0.6) is 0 Å². The molecule has 0 saturated heterocycles. The standard InChI is InChI=1S/C20H38O7S.Li.H/c1-3-5-7-9-11-13-15-26-19(21)17-18(28(23,24)25)20(22)27-16-14-12-10-8-6-4-2;;/h18H,3-17H2,1-2H3,(H,23,24,25);;/q;+1;-1. The van der Waals surface area contributed by atoms with E-state index in [1.807, 2.05) is 0 Å². The first-order chi connectivity index (χ1) is 13.3. The number of carbonyl (C=O) groups is 2. The minimum Gasteiger partial charge on any atom is -1.00 e. The first-order valence-electron chi connectivity index (χ1n) is 10.6. The van der Waals surface area contributed by atoms with Crippen molar-refractivity contribution in [3.05, 3.63) is 0 Å². The van der Waals surface area contributed by atoms with Crippen molar-refractivity contribution in [3.8, 4) is 0 Å². The van der Waals surface area contributed by atoms with Crippen molar-refractivity contribution in [1.82, 2.24) is 0 Å². The summed E-state index contributed by atoms with van der Waals surface area (Å²) in [6.07, 6.45) is 11.3. The quantitative estimate of drug-likeness (QED) is 0.152. The topological polar surface area (TPSA) is 107 Å². The fourth-order valence-corrected chi connectivity index (χ4v) is 3.39. The van der Waals surface area contributed by atoms with Gasteiger partial charge in [-0.2, -0.15) is 8.42 Å². The van der Waals surface area contributed by atoms with Crippen molar-refractivity contribution in [2.75, 3.05) is 13.2 Å². The predicted octanol–water partition coefficient (Wildman–Crippen LogP) is 1.56. The van der Waals surface area contributed by atoms with Gasteiger partial charge in [0.1, 0.15) is 0 Å². The van der Waals surface area contributed by atoms with Crippen LogP contribution in [0.25, 0.3) is 0 Å². The zero-order valence-electron chi connectivity index (χ0n) is 19.5. The average Bonchev–Trinajstić information content (AvgIpc) is 2.63. The van der Waals surface area contributed by atoms with Crippen LogP contribution in [0.1, 0.15) is 98.7 Å². The summed E-state index contributed by atoms with van der Waals surface area (Å²) >= 11 is 0. The van der Waals surface area contributed by atoms with E-state index in [4.69, 9.17) is 9.47 Å². The maximum absolute atomic E-state index is 12.0. The molecule has 0 aromatic heterocycles. The van der Waals surface area contributed by atoms with Gasteiger partial charge in [-0.1, -0.05) is 78.1 Å². The Morgan fingerprint density at radius 1 is 0.793 bits per heavy atom. The number of rotatable bonds is 18. The smallest absolute Gasteiger partial charge is 1.00 e. The van der Waals surface area contributed by atoms with Gasteiger partial charge in [-0.15, -0.1) is 0 Å². The molecule has 9 heteroatoms. The third kappa shape index (κ3) is 18.0. The van der Waals surface area contributed by atoms with Crippen molar-refractivity contribution in [1.29, 1.82) is 0 Å². The normalized spacial score (nSPS) is 12.1. The van der Waals surface area contributed by atoms with Gasteiger partial charge >= 0.3 is 30.8 Å². The Bertz CT molecular complexity index is 529. The fourth-order valence-electron chi connectivity index (χ4n) is 2.74. The Labute approximate surface area is 190 Å². The zero-order valence-corrected chi connectivity index (χ0v) is 19.3. The van der Waals surface area contributed by atoms with Gasteiger partial charge in [-0.05, 0) is 12.8 Å². The number of ether oxygens (including phenoxy) is 2. The van der Waals surface area contributed by atoms with E-state index >= 15 is 0 Å². The SMILES string of the molecule is CCCCCCCCOC(=O)CC(C(=O)OCCCCCCCC)S(=O)(=O)O.[H-].[Li+]. The summed E-state index contributed by atoms with van der Waals surface area (Å²) in [6.45, 7) is 4.50. The molecule has 0 bridgehead atoms. The summed E-state index contributed by atoms with van der Waals surface area (Å²) in [6, 6.07) is 0. The fraction of sp³-hybridized carbons (Fsp3) is 0.900. The second-order valence-electron chi connectivity index (χ2n) is 7.13. The molecule has 0 heterocycles. The molecule has 29 heavy (non-hydrogen) atoms. The molecule has 0 saturated carbocycles. The van der Waals surface area contributed by atoms with E-state index in [0.717, 1.165) is 57.8 Å². The molecule has 0 radical (unpaired) electrons. The van der Waals surface area contributed by atoms with Crippen LogP contribution in [0.15, 0.2) is 0 Å². The van der Waals surface area contributed by atoms with Crippen LogP contribution in [0.2, 0.25) is 0 Å². The molecule has 0 aliphatic rings. The molecule has 0 rings (SSSR count). The van der Waals surface area contributed by atoms with E-state index in [-0.39, 0.29) is 33.5 Å². The van der Waals surface area contributed by atoms with Crippen LogP contribution < -0.4 is 18.9 Å². The van der Waals surface area contributed by atoms with E-state index in [0.29, 0.717) is 12.8 Å². The maximum Gasteiger partial charge on any atom is 1.00 e. The van der Waals surface area contributed by atoms with Gasteiger partial charge in [-0.25, -0.2) is 0 Å². The van der Waals surface area contributed by atoms with Gasteiger partial charge in [0.15, 0.2) is 5.25 Å². The van der Waals surface area contributed by atoms with E-state index < -0.39 is 33.7 Å². The van der Waals surface area contributed by atoms with Crippen LogP contribution in [0.4, 0.5) is 0 Å². The summed E-state index contributed by atoms with van der Waals surface area (Å²) in [5.41, 5.74) is 0. The molecular formula is C20H39LiO7S. The van der Waals surface area contributed by atoms with Gasteiger partial charge in [-0.3, -0.25) is 14.1 Å². The van der Waals surface area contributed by atoms with Gasteiger partial charge < -0.3 is 10.9 Å². The van der Waals surface area contributed by atoms with Gasteiger partial charge in [0.25, 0.3) is 10.1 Å². The van der Waals surface area contributed by atoms with Crippen LogP contribution in [-0.2, 0) is 29.2 Å². The van der Waals surface area contributed by atoms with E-state index in [1.54, 1.807) is 0 Å². The molecule has 0 aliphatic heterocycles. The van der Waals surface area contributed by atoms with Crippen LogP contribution >= 0.6 is 0 Å². The molecule has 0 aromatic rings. The van der Waals surface area contributed by atoms with Crippen molar-refractivity contribution >= 4 is 22.1 Å². The molecule has 0 aromatic carbocycles. The van der Waals surface area contributed by atoms with Crippen molar-refractivity contribution in [3.63, 3.8) is 0 Å². The van der Waals surface area contributed by atoms with Gasteiger partial charge in [0.2, 0.25) is 0 Å². The van der Waals surface area contributed by atoms with Crippen LogP contribution in [0.3, 0.4) is 0 Å². The minimum atomic E-state index is -4.73. The molecule has 1 N–H and O–H groups in total. The Morgan fingerprint density at radius 2 is 1.21 bits per heavy atom. The molecule has 0 fully saturated rings. The van der Waals surface area contributed by atoms with Crippen LogP contribution in [0, 0.1) is 0 Å². The molecule has 1 atom stereocenters. The number of carbonyl (C=O) groups excluding carboxylic acids is 2. The summed E-state index contributed by atoms with van der Waals surface area (Å²) in [7, 11) is -4.73. The second-order valence-corrected chi connectivity index (χ2v) is 8.73. The summed E-state index contributed by atoms with van der Waals surface area (Å²) in [4.78, 5) is 23.8. The number of hydrogen-bond donors (Lipinski definition) is 1. The van der Waals surface area contributed by atoms with E-state index in [2.05, 4.69) is 13.8 Å². The molecule has 168 valence electrons. The molecule has 0 spiro atoms. The van der Waals surface area contributed by atoms with Crippen molar-refractivity contribution in [2.24, 2.45) is 0 Å². The maximum atomic E-state index is 12.0. The average molecular weight is 431 g/mol. The Kier molecular flexibility index (Phi) is 20.5. The molecule has 0 amide bonds. The Hall–Kier alpha value is -0.553. The third-order valence-corrected chi connectivity index (χ3v) is 5.56. The Morgan fingerprint density at radius 3 is 1.66 bits per heavy atom. The number of esters is 2. The first-order valence-corrected chi connectivity index (χ1v) is 12.1. The monoisotopic (exact) mass is 430 g/mol. The minimum absolute atomic E-state index is 0. The van der Waals surface area contributed by atoms with Crippen molar-refractivity contribution < 1.29 is 52.3 Å². The van der Waals surface area contributed by atoms with Gasteiger partial charge in [0.05, 0.1) is 19.6 Å². The summed E-state index contributed by atoms with van der Waals surface area (Å²) in [5, 5.41) is -1.93. The molecular weight excluding hydrogens is 391 g/mol. The third-order valence-electron chi connectivity index (χ3n) is 4.48.